The fourth-order valence-corrected chi connectivity index (χ4v) is 2.14. The minimum absolute atomic E-state index is 0.0620. The molecule has 102 valence electrons. The van der Waals surface area contributed by atoms with Crippen molar-refractivity contribution in [1.82, 2.24) is 5.32 Å². The number of benzene rings is 1. The van der Waals surface area contributed by atoms with E-state index in [2.05, 4.69) is 5.32 Å². The summed E-state index contributed by atoms with van der Waals surface area (Å²) in [5.41, 5.74) is 6.19. The Hall–Kier alpha value is -1.75. The molecule has 1 aromatic rings. The largest absolute Gasteiger partial charge is 0.355 e. The Morgan fingerprint density at radius 3 is 2.53 bits per heavy atom. The third-order valence-corrected chi connectivity index (χ3v) is 3.09. The lowest BCUT2D eigenvalue weighted by Crippen LogP contribution is -2.32. The van der Waals surface area contributed by atoms with Gasteiger partial charge in [0.15, 0.2) is 0 Å². The van der Waals surface area contributed by atoms with E-state index in [1.165, 1.54) is 12.1 Å². The third-order valence-electron chi connectivity index (χ3n) is 3.09. The van der Waals surface area contributed by atoms with Gasteiger partial charge in [-0.25, -0.2) is 8.78 Å². The minimum atomic E-state index is -0.606. The molecule has 0 heterocycles. The molecule has 1 amide bonds. The van der Waals surface area contributed by atoms with Crippen LogP contribution in [0.15, 0.2) is 30.4 Å². The molecule has 1 aliphatic rings. The highest BCUT2D eigenvalue weighted by atomic mass is 19.1. The molecule has 3 nitrogen and oxygen atoms in total. The Bertz CT molecular complexity index is 482. The van der Waals surface area contributed by atoms with Gasteiger partial charge in [0, 0.05) is 18.7 Å². The van der Waals surface area contributed by atoms with Crippen LogP contribution in [0, 0.1) is 17.6 Å². The first-order chi connectivity index (χ1) is 9.04. The Morgan fingerprint density at radius 1 is 1.26 bits per heavy atom. The molecule has 2 atom stereocenters. The SMILES string of the molecule is NC1C=CC(C(=O)NCCc2cc(F)cc(F)c2)C1. The van der Waals surface area contributed by atoms with Gasteiger partial charge < -0.3 is 11.1 Å². The van der Waals surface area contributed by atoms with Gasteiger partial charge in [-0.15, -0.1) is 0 Å². The molecule has 2 unspecified atom stereocenters. The normalized spacial score (nSPS) is 21.6. The molecule has 3 N–H and O–H groups in total. The van der Waals surface area contributed by atoms with Gasteiger partial charge >= 0.3 is 0 Å². The van der Waals surface area contributed by atoms with Crippen LogP contribution >= 0.6 is 0 Å². The summed E-state index contributed by atoms with van der Waals surface area (Å²) >= 11 is 0. The van der Waals surface area contributed by atoms with Crippen LogP contribution in [0.2, 0.25) is 0 Å². The van der Waals surface area contributed by atoms with E-state index in [4.69, 9.17) is 5.73 Å². The zero-order valence-corrected chi connectivity index (χ0v) is 10.4. The lowest BCUT2D eigenvalue weighted by atomic mass is 10.1. The maximum Gasteiger partial charge on any atom is 0.227 e. The average molecular weight is 266 g/mol. The van der Waals surface area contributed by atoms with Gasteiger partial charge in [-0.05, 0) is 30.5 Å². The molecule has 1 aliphatic carbocycles. The number of nitrogens with two attached hydrogens (primary N) is 1. The highest BCUT2D eigenvalue weighted by molar-refractivity contribution is 5.81. The monoisotopic (exact) mass is 266 g/mol. The van der Waals surface area contributed by atoms with Crippen molar-refractivity contribution in [3.8, 4) is 0 Å². The van der Waals surface area contributed by atoms with Crippen molar-refractivity contribution in [3.05, 3.63) is 47.5 Å². The number of halogens is 2. The number of rotatable bonds is 4. The summed E-state index contributed by atoms with van der Waals surface area (Å²) < 4.78 is 25.9. The number of carbonyl (C=O) groups is 1. The van der Waals surface area contributed by atoms with Gasteiger partial charge in [0.05, 0.1) is 5.92 Å². The first-order valence-electron chi connectivity index (χ1n) is 6.21. The van der Waals surface area contributed by atoms with Gasteiger partial charge in [-0.2, -0.15) is 0 Å². The maximum atomic E-state index is 13.0. The smallest absolute Gasteiger partial charge is 0.227 e. The second-order valence-corrected chi connectivity index (χ2v) is 4.71. The van der Waals surface area contributed by atoms with E-state index < -0.39 is 11.6 Å². The van der Waals surface area contributed by atoms with Crippen molar-refractivity contribution in [1.29, 1.82) is 0 Å². The Labute approximate surface area is 110 Å². The Balaban J connectivity index is 1.80. The fraction of sp³-hybridized carbons (Fsp3) is 0.357. The van der Waals surface area contributed by atoms with Crippen molar-refractivity contribution >= 4 is 5.91 Å². The summed E-state index contributed by atoms with van der Waals surface area (Å²) in [6.45, 7) is 0.349. The Kier molecular flexibility index (Phi) is 4.27. The summed E-state index contributed by atoms with van der Waals surface area (Å²) in [6.07, 6.45) is 4.61. The summed E-state index contributed by atoms with van der Waals surface area (Å²) in [6, 6.07) is 3.29. The van der Waals surface area contributed by atoms with E-state index in [1.807, 2.05) is 6.08 Å². The van der Waals surface area contributed by atoms with Gasteiger partial charge in [0.2, 0.25) is 5.91 Å². The number of nitrogens with one attached hydrogen (secondary N) is 1. The van der Waals surface area contributed by atoms with Gasteiger partial charge in [-0.3, -0.25) is 4.79 Å². The molecule has 0 fully saturated rings. The molecule has 0 radical (unpaired) electrons. The van der Waals surface area contributed by atoms with Gasteiger partial charge in [0.1, 0.15) is 11.6 Å². The summed E-state index contributed by atoms with van der Waals surface area (Å²) in [4.78, 5) is 11.7. The molecule has 5 heteroatoms. The molecule has 1 aromatic carbocycles. The average Bonchev–Trinajstić information content (AvgIpc) is 2.74. The zero-order chi connectivity index (χ0) is 13.8. The number of amides is 1. The predicted octanol–water partition coefficient (Wildman–Crippen LogP) is 1.53. The topological polar surface area (TPSA) is 55.1 Å². The maximum absolute atomic E-state index is 13.0. The quantitative estimate of drug-likeness (QED) is 0.812. The number of carbonyl (C=O) groups excluding carboxylic acids is 1. The second-order valence-electron chi connectivity index (χ2n) is 4.71. The van der Waals surface area contributed by atoms with Crippen LogP contribution in [0.25, 0.3) is 0 Å². The van der Waals surface area contributed by atoms with Crippen LogP contribution in [0.3, 0.4) is 0 Å². The lowest BCUT2D eigenvalue weighted by molar-refractivity contribution is -0.123. The lowest BCUT2D eigenvalue weighted by Gasteiger charge is -2.10. The van der Waals surface area contributed by atoms with E-state index in [0.29, 0.717) is 24.9 Å². The molecule has 19 heavy (non-hydrogen) atoms. The summed E-state index contributed by atoms with van der Waals surface area (Å²) in [5.74, 6) is -1.50. The molecule has 0 aromatic heterocycles. The number of hydrogen-bond donors (Lipinski definition) is 2. The summed E-state index contributed by atoms with van der Waals surface area (Å²) in [5, 5.41) is 2.74. The molecule has 0 saturated heterocycles. The highest BCUT2D eigenvalue weighted by Gasteiger charge is 2.22. The molecule has 0 spiro atoms. The predicted molar refractivity (Wildman–Crippen MR) is 68.3 cm³/mol. The molecular weight excluding hydrogens is 250 g/mol. The van der Waals surface area contributed by atoms with Crippen LogP contribution in [-0.2, 0) is 11.2 Å². The highest BCUT2D eigenvalue weighted by Crippen LogP contribution is 2.16. The van der Waals surface area contributed by atoms with Crippen molar-refractivity contribution in [2.75, 3.05) is 6.54 Å². The zero-order valence-electron chi connectivity index (χ0n) is 10.4. The second kappa shape index (κ2) is 5.93. The molecule has 2 rings (SSSR count). The van der Waals surface area contributed by atoms with Gasteiger partial charge in [0.25, 0.3) is 0 Å². The van der Waals surface area contributed by atoms with Crippen LogP contribution < -0.4 is 11.1 Å². The minimum Gasteiger partial charge on any atom is -0.355 e. The first kappa shape index (κ1) is 13.7. The van der Waals surface area contributed by atoms with E-state index in [1.54, 1.807) is 6.08 Å². The van der Waals surface area contributed by atoms with Gasteiger partial charge in [-0.1, -0.05) is 12.2 Å². The van der Waals surface area contributed by atoms with Crippen LogP contribution in [0.5, 0.6) is 0 Å². The van der Waals surface area contributed by atoms with E-state index in [9.17, 15) is 13.6 Å². The summed E-state index contributed by atoms with van der Waals surface area (Å²) in [7, 11) is 0. The van der Waals surface area contributed by atoms with E-state index in [0.717, 1.165) is 6.07 Å². The van der Waals surface area contributed by atoms with Crippen molar-refractivity contribution < 1.29 is 13.6 Å². The first-order valence-corrected chi connectivity index (χ1v) is 6.21. The van der Waals surface area contributed by atoms with Crippen molar-refractivity contribution in [2.45, 2.75) is 18.9 Å². The van der Waals surface area contributed by atoms with E-state index in [-0.39, 0.29) is 17.9 Å². The molecular formula is C14H16F2N2O. The fourth-order valence-electron chi connectivity index (χ4n) is 2.14. The Morgan fingerprint density at radius 2 is 1.95 bits per heavy atom. The van der Waals surface area contributed by atoms with Crippen molar-refractivity contribution in [3.63, 3.8) is 0 Å². The van der Waals surface area contributed by atoms with Crippen molar-refractivity contribution in [2.24, 2.45) is 11.7 Å². The molecule has 0 saturated carbocycles. The van der Waals surface area contributed by atoms with E-state index >= 15 is 0 Å². The van der Waals surface area contributed by atoms with Crippen LogP contribution in [0.1, 0.15) is 12.0 Å². The molecule has 0 aliphatic heterocycles. The third kappa shape index (κ3) is 3.86. The van der Waals surface area contributed by atoms with Crippen LogP contribution in [-0.4, -0.2) is 18.5 Å². The number of hydrogen-bond acceptors (Lipinski definition) is 2. The molecule has 0 bridgehead atoms. The van der Waals surface area contributed by atoms with Crippen LogP contribution in [0.4, 0.5) is 8.78 Å². The standard InChI is InChI=1S/C14H16F2N2O/c15-11-5-9(6-12(16)8-11)3-4-18-14(19)10-1-2-13(17)7-10/h1-2,5-6,8,10,13H,3-4,7,17H2,(H,18,19).